The Morgan fingerprint density at radius 1 is 0.377 bits per heavy atom. The Balaban J connectivity index is 0.932. The molecule has 2 heterocycles. The van der Waals surface area contributed by atoms with Crippen molar-refractivity contribution >= 4 is 53.1 Å². The molecular weight excluding hydrogens is 853 g/mol. The van der Waals surface area contributed by atoms with E-state index in [-0.39, 0.29) is 11.3 Å². The summed E-state index contributed by atoms with van der Waals surface area (Å²) in [5, 5.41) is 7.25. The molecule has 1 spiro atoms. The van der Waals surface area contributed by atoms with Crippen LogP contribution >= 0.6 is 11.3 Å². The van der Waals surface area contributed by atoms with Gasteiger partial charge in [-0.2, -0.15) is 0 Å². The Bertz CT molecular complexity index is 4060. The predicted molar refractivity (Wildman–Crippen MR) is 289 cm³/mol. The Morgan fingerprint density at radius 3 is 1.71 bits per heavy atom. The Kier molecular flexibility index (Phi) is 8.05. The number of benzene rings is 11. The van der Waals surface area contributed by atoms with Crippen LogP contribution in [0.1, 0.15) is 69.8 Å². The van der Waals surface area contributed by atoms with Crippen molar-refractivity contribution in [2.24, 2.45) is 0 Å². The second kappa shape index (κ2) is 14.2. The van der Waals surface area contributed by atoms with E-state index in [0.29, 0.717) is 0 Å². The molecule has 0 N–H and O–H groups in total. The molecule has 69 heavy (non-hydrogen) atoms. The third-order valence-electron chi connectivity index (χ3n) is 16.1. The van der Waals surface area contributed by atoms with Gasteiger partial charge in [-0.25, -0.2) is 0 Å². The molecule has 1 unspecified atom stereocenters. The molecular formula is C67H44OS. The number of hydrogen-bond acceptors (Lipinski definition) is 2. The van der Waals surface area contributed by atoms with Gasteiger partial charge in [0.15, 0.2) is 0 Å². The maximum Gasteiger partial charge on any atom is 0.140 e. The molecule has 0 saturated heterocycles. The van der Waals surface area contributed by atoms with E-state index >= 15 is 0 Å². The zero-order valence-electron chi connectivity index (χ0n) is 38.3. The van der Waals surface area contributed by atoms with Crippen LogP contribution in [0.15, 0.2) is 224 Å². The van der Waals surface area contributed by atoms with Crippen LogP contribution in [0.25, 0.3) is 75.1 Å². The summed E-state index contributed by atoms with van der Waals surface area (Å²) in [4.78, 5) is 0. The molecule has 0 amide bonds. The fraction of sp³-hybridized carbons (Fsp3) is 0.0746. The first-order chi connectivity index (χ1) is 34.0. The SMILES string of the molecule is CC1(C)c2ccccc2-c2c(C(c3ccc(-c4ccc5c(c4)C4(c6ccccc6-5)c5ccc6ccccc6c5Oc5c4ccc4ccccc54)cc3)c3ccc4sc5ccccc5c4c3)cccc21. The number of fused-ring (bicyclic) bond motifs is 19. The normalized spacial score (nSPS) is 14.8. The summed E-state index contributed by atoms with van der Waals surface area (Å²) in [5.41, 5.74) is 18.6. The second-order valence-corrected chi connectivity index (χ2v) is 20.9. The van der Waals surface area contributed by atoms with Gasteiger partial charge in [0.2, 0.25) is 0 Å². The molecule has 11 aromatic carbocycles. The minimum absolute atomic E-state index is 0.0108. The number of ether oxygens (including phenoxy) is 1. The van der Waals surface area contributed by atoms with Crippen molar-refractivity contribution in [3.8, 4) is 44.9 Å². The Hall–Kier alpha value is -8.04. The first-order valence-corrected chi connectivity index (χ1v) is 25.0. The second-order valence-electron chi connectivity index (χ2n) is 19.8. The van der Waals surface area contributed by atoms with Crippen LogP contribution in [-0.2, 0) is 10.8 Å². The van der Waals surface area contributed by atoms with Crippen molar-refractivity contribution in [2.45, 2.75) is 30.6 Å². The van der Waals surface area contributed by atoms with Crippen LogP contribution in [-0.4, -0.2) is 0 Å². The largest absolute Gasteiger partial charge is 0.455 e. The predicted octanol–water partition coefficient (Wildman–Crippen LogP) is 18.0. The van der Waals surface area contributed by atoms with E-state index in [4.69, 9.17) is 4.74 Å². The monoisotopic (exact) mass is 896 g/mol. The summed E-state index contributed by atoms with van der Waals surface area (Å²) in [6.07, 6.45) is 0. The number of rotatable bonds is 4. The van der Waals surface area contributed by atoms with E-state index in [2.05, 4.69) is 238 Å². The summed E-state index contributed by atoms with van der Waals surface area (Å²) < 4.78 is 9.90. The maximum absolute atomic E-state index is 7.24. The van der Waals surface area contributed by atoms with Gasteiger partial charge in [-0.05, 0) is 107 Å². The minimum atomic E-state index is -0.605. The highest BCUT2D eigenvalue weighted by atomic mass is 32.1. The molecule has 2 aliphatic carbocycles. The molecule has 1 nitrogen and oxygen atoms in total. The standard InChI is InChI=1S/C67H44OS/c1-66(2)54-22-10-8-20-51(54)63-52(21-13-24-56(63)66)62(45-33-37-61-53(38-45)50-19-9-12-25-60(50)69-61)43-28-26-40(27-29-43)44-30-34-49-48-18-7-11-23-55(48)67(59(49)39-44)57-35-31-41-14-3-5-16-46(41)64(57)68-65-47-17-6-4-15-42(47)32-36-58(65)67/h3-39,62H,1-2H3. The van der Waals surface area contributed by atoms with E-state index in [9.17, 15) is 0 Å². The molecule has 2 heteroatoms. The quantitative estimate of drug-likeness (QED) is 0.160. The first-order valence-electron chi connectivity index (χ1n) is 24.2. The lowest BCUT2D eigenvalue weighted by Gasteiger charge is -2.40. The van der Waals surface area contributed by atoms with Crippen molar-refractivity contribution in [3.05, 3.63) is 275 Å². The molecule has 3 aliphatic rings. The fourth-order valence-corrected chi connectivity index (χ4v) is 14.0. The van der Waals surface area contributed by atoms with Gasteiger partial charge in [0.1, 0.15) is 11.5 Å². The molecule has 15 rings (SSSR count). The molecule has 1 aliphatic heterocycles. The summed E-state index contributed by atoms with van der Waals surface area (Å²) in [6, 6.07) is 84.5. The molecule has 1 aromatic heterocycles. The average molecular weight is 897 g/mol. The highest BCUT2D eigenvalue weighted by molar-refractivity contribution is 7.25. The molecule has 0 saturated carbocycles. The van der Waals surface area contributed by atoms with Crippen molar-refractivity contribution in [1.82, 2.24) is 0 Å². The lowest BCUT2D eigenvalue weighted by atomic mass is 9.65. The lowest BCUT2D eigenvalue weighted by Crippen LogP contribution is -2.32. The van der Waals surface area contributed by atoms with E-state index < -0.39 is 5.41 Å². The molecule has 324 valence electrons. The van der Waals surface area contributed by atoms with Gasteiger partial charge in [0.05, 0.1) is 5.41 Å². The summed E-state index contributed by atoms with van der Waals surface area (Å²) in [7, 11) is 0. The molecule has 12 aromatic rings. The highest BCUT2D eigenvalue weighted by Gasteiger charge is 2.52. The van der Waals surface area contributed by atoms with E-state index in [1.54, 1.807) is 0 Å². The summed E-state index contributed by atoms with van der Waals surface area (Å²) >= 11 is 1.88. The van der Waals surface area contributed by atoms with Crippen molar-refractivity contribution in [3.63, 3.8) is 0 Å². The lowest BCUT2D eigenvalue weighted by molar-refractivity contribution is 0.447. The van der Waals surface area contributed by atoms with E-state index in [1.165, 1.54) is 114 Å². The Morgan fingerprint density at radius 2 is 0.957 bits per heavy atom. The van der Waals surface area contributed by atoms with Crippen LogP contribution in [0.3, 0.4) is 0 Å². The molecule has 1 atom stereocenters. The van der Waals surface area contributed by atoms with E-state index in [0.717, 1.165) is 22.3 Å². The van der Waals surface area contributed by atoms with Gasteiger partial charge in [-0.3, -0.25) is 0 Å². The first kappa shape index (κ1) is 39.0. The topological polar surface area (TPSA) is 9.23 Å². The van der Waals surface area contributed by atoms with Crippen LogP contribution in [0.4, 0.5) is 0 Å². The van der Waals surface area contributed by atoms with Gasteiger partial charge in [-0.1, -0.05) is 214 Å². The summed E-state index contributed by atoms with van der Waals surface area (Å²) in [6.45, 7) is 4.77. The van der Waals surface area contributed by atoms with Crippen molar-refractivity contribution in [2.75, 3.05) is 0 Å². The Labute approximate surface area is 405 Å². The number of thiophene rings is 1. The van der Waals surface area contributed by atoms with Gasteiger partial charge in [-0.15, -0.1) is 11.3 Å². The average Bonchev–Trinajstić information content (AvgIpc) is 4.00. The number of hydrogen-bond donors (Lipinski definition) is 0. The van der Waals surface area contributed by atoms with Crippen molar-refractivity contribution in [1.29, 1.82) is 0 Å². The molecule has 0 bridgehead atoms. The van der Waals surface area contributed by atoms with Crippen LogP contribution < -0.4 is 4.74 Å². The highest BCUT2D eigenvalue weighted by Crippen LogP contribution is 2.64. The zero-order valence-corrected chi connectivity index (χ0v) is 39.1. The van der Waals surface area contributed by atoms with Crippen LogP contribution in [0.5, 0.6) is 11.5 Å². The third-order valence-corrected chi connectivity index (χ3v) is 17.2. The van der Waals surface area contributed by atoms with E-state index in [1.807, 2.05) is 11.3 Å². The van der Waals surface area contributed by atoms with Crippen LogP contribution in [0.2, 0.25) is 0 Å². The smallest absolute Gasteiger partial charge is 0.140 e. The van der Waals surface area contributed by atoms with Gasteiger partial charge >= 0.3 is 0 Å². The summed E-state index contributed by atoms with van der Waals surface area (Å²) in [5.74, 6) is 1.89. The minimum Gasteiger partial charge on any atom is -0.455 e. The maximum atomic E-state index is 7.24. The van der Waals surface area contributed by atoms with Gasteiger partial charge < -0.3 is 4.74 Å². The van der Waals surface area contributed by atoms with Crippen molar-refractivity contribution < 1.29 is 4.74 Å². The third kappa shape index (κ3) is 5.30. The van der Waals surface area contributed by atoms with Crippen LogP contribution in [0, 0.1) is 0 Å². The molecule has 0 fully saturated rings. The zero-order chi connectivity index (χ0) is 45.6. The molecule has 0 radical (unpaired) electrons. The van der Waals surface area contributed by atoms with Gasteiger partial charge in [0.25, 0.3) is 0 Å². The fourth-order valence-electron chi connectivity index (χ4n) is 12.9. The van der Waals surface area contributed by atoms with Gasteiger partial charge in [0, 0.05) is 53.4 Å².